The molecule has 0 aliphatic heterocycles. The van der Waals surface area contributed by atoms with Crippen LogP contribution in [0.3, 0.4) is 0 Å². The fraction of sp³-hybridized carbons (Fsp3) is 0.167. The van der Waals surface area contributed by atoms with Gasteiger partial charge in [-0.05, 0) is 30.3 Å². The molecule has 0 bridgehead atoms. The molecule has 0 aliphatic carbocycles. The Morgan fingerprint density at radius 2 is 1.62 bits per heavy atom. The molecule has 0 unspecified atom stereocenters. The Hall–Kier alpha value is -3.29. The number of halogens is 2. The zero-order valence-corrected chi connectivity index (χ0v) is 13.9. The quantitative estimate of drug-likeness (QED) is 0.689. The van der Waals surface area contributed by atoms with Gasteiger partial charge in [0.15, 0.2) is 0 Å². The Morgan fingerprint density at radius 1 is 0.923 bits per heavy atom. The fourth-order valence-corrected chi connectivity index (χ4v) is 2.16. The van der Waals surface area contributed by atoms with Crippen molar-refractivity contribution in [3.05, 3.63) is 65.2 Å². The van der Waals surface area contributed by atoms with Gasteiger partial charge >= 0.3 is 0 Å². The minimum Gasteiger partial charge on any atom is -0.350 e. The van der Waals surface area contributed by atoms with Crippen LogP contribution in [-0.4, -0.2) is 30.8 Å². The standard InChI is InChI=1S/C18H17F2N3O3/c1-11(24)23-14-4-2-3-12(9-14)17(25)21-7-8-22-18(26)15-6-5-13(19)10-16(15)20/h2-6,9-10H,7-8H2,1H3,(H,21,25)(H,22,26)(H,23,24). The molecule has 2 aromatic carbocycles. The van der Waals surface area contributed by atoms with Crippen molar-refractivity contribution in [1.82, 2.24) is 10.6 Å². The summed E-state index contributed by atoms with van der Waals surface area (Å²) < 4.78 is 26.3. The maximum Gasteiger partial charge on any atom is 0.254 e. The summed E-state index contributed by atoms with van der Waals surface area (Å²) >= 11 is 0. The van der Waals surface area contributed by atoms with E-state index in [9.17, 15) is 23.2 Å². The third-order valence-corrected chi connectivity index (χ3v) is 3.32. The topological polar surface area (TPSA) is 87.3 Å². The second-order valence-electron chi connectivity index (χ2n) is 5.40. The highest BCUT2D eigenvalue weighted by atomic mass is 19.1. The number of anilines is 1. The first kappa shape index (κ1) is 19.0. The number of hydrogen-bond donors (Lipinski definition) is 3. The van der Waals surface area contributed by atoms with E-state index in [4.69, 9.17) is 0 Å². The lowest BCUT2D eigenvalue weighted by atomic mass is 10.2. The molecule has 6 nitrogen and oxygen atoms in total. The molecule has 0 saturated carbocycles. The van der Waals surface area contributed by atoms with Crippen molar-refractivity contribution in [1.29, 1.82) is 0 Å². The molecular formula is C18H17F2N3O3. The number of hydrogen-bond acceptors (Lipinski definition) is 3. The molecule has 0 heterocycles. The summed E-state index contributed by atoms with van der Waals surface area (Å²) in [6.45, 7) is 1.53. The molecule has 26 heavy (non-hydrogen) atoms. The van der Waals surface area contributed by atoms with Gasteiger partial charge in [0.25, 0.3) is 11.8 Å². The molecule has 0 radical (unpaired) electrons. The van der Waals surface area contributed by atoms with Crippen molar-refractivity contribution < 1.29 is 23.2 Å². The van der Waals surface area contributed by atoms with Gasteiger partial charge in [-0.25, -0.2) is 8.78 Å². The Morgan fingerprint density at radius 3 is 2.27 bits per heavy atom. The van der Waals surface area contributed by atoms with E-state index in [-0.39, 0.29) is 30.5 Å². The lowest BCUT2D eigenvalue weighted by Gasteiger charge is -2.09. The minimum atomic E-state index is -0.957. The first-order valence-electron chi connectivity index (χ1n) is 7.76. The molecule has 136 valence electrons. The van der Waals surface area contributed by atoms with E-state index in [0.29, 0.717) is 17.3 Å². The van der Waals surface area contributed by atoms with E-state index >= 15 is 0 Å². The SMILES string of the molecule is CC(=O)Nc1cccc(C(=O)NCCNC(=O)c2ccc(F)cc2F)c1. The lowest BCUT2D eigenvalue weighted by molar-refractivity contribution is -0.114. The smallest absolute Gasteiger partial charge is 0.254 e. The Bertz CT molecular complexity index is 840. The highest BCUT2D eigenvalue weighted by Crippen LogP contribution is 2.11. The largest absolute Gasteiger partial charge is 0.350 e. The number of nitrogens with one attached hydrogen (secondary N) is 3. The van der Waals surface area contributed by atoms with Crippen molar-refractivity contribution in [2.24, 2.45) is 0 Å². The maximum atomic E-state index is 13.5. The zero-order valence-electron chi connectivity index (χ0n) is 13.9. The maximum absolute atomic E-state index is 13.5. The van der Waals surface area contributed by atoms with Gasteiger partial charge in [0.2, 0.25) is 5.91 Å². The number of amides is 3. The molecule has 3 amide bonds. The zero-order chi connectivity index (χ0) is 19.1. The van der Waals surface area contributed by atoms with Crippen LogP contribution in [0.25, 0.3) is 0 Å². The van der Waals surface area contributed by atoms with Crippen molar-refractivity contribution in [2.75, 3.05) is 18.4 Å². The summed E-state index contributed by atoms with van der Waals surface area (Å²) in [7, 11) is 0. The van der Waals surface area contributed by atoms with Gasteiger partial charge < -0.3 is 16.0 Å². The summed E-state index contributed by atoms with van der Waals surface area (Å²) in [5.41, 5.74) is 0.554. The number of rotatable bonds is 6. The third kappa shape index (κ3) is 5.37. The highest BCUT2D eigenvalue weighted by molar-refractivity contribution is 5.97. The van der Waals surface area contributed by atoms with Crippen LogP contribution in [0.4, 0.5) is 14.5 Å². The van der Waals surface area contributed by atoms with E-state index in [2.05, 4.69) is 16.0 Å². The molecule has 0 fully saturated rings. The van der Waals surface area contributed by atoms with Gasteiger partial charge in [-0.15, -0.1) is 0 Å². The average Bonchev–Trinajstić information content (AvgIpc) is 2.58. The van der Waals surface area contributed by atoms with Crippen molar-refractivity contribution in [2.45, 2.75) is 6.92 Å². The Balaban J connectivity index is 1.83. The highest BCUT2D eigenvalue weighted by Gasteiger charge is 2.12. The molecule has 2 aromatic rings. The van der Waals surface area contributed by atoms with Crippen LogP contribution in [0.5, 0.6) is 0 Å². The van der Waals surface area contributed by atoms with Gasteiger partial charge in [0.1, 0.15) is 11.6 Å². The molecule has 8 heteroatoms. The molecule has 0 spiro atoms. The monoisotopic (exact) mass is 361 g/mol. The molecule has 0 saturated heterocycles. The summed E-state index contributed by atoms with van der Waals surface area (Å²) in [5, 5.41) is 7.59. The minimum absolute atomic E-state index is 0.0623. The Labute approximate surface area is 148 Å². The van der Waals surface area contributed by atoms with Crippen LogP contribution in [0.1, 0.15) is 27.6 Å². The summed E-state index contributed by atoms with van der Waals surface area (Å²) in [6.07, 6.45) is 0. The second-order valence-corrected chi connectivity index (χ2v) is 5.40. The van der Waals surface area contributed by atoms with Crippen LogP contribution in [0.15, 0.2) is 42.5 Å². The molecule has 0 aliphatic rings. The van der Waals surface area contributed by atoms with Gasteiger partial charge in [0, 0.05) is 37.3 Å². The normalized spacial score (nSPS) is 10.1. The molecule has 0 atom stereocenters. The Kier molecular flexibility index (Phi) is 6.37. The summed E-state index contributed by atoms with van der Waals surface area (Å²) in [4.78, 5) is 34.9. The van der Waals surface area contributed by atoms with Gasteiger partial charge in [0.05, 0.1) is 5.56 Å². The van der Waals surface area contributed by atoms with E-state index < -0.39 is 17.5 Å². The van der Waals surface area contributed by atoms with Gasteiger partial charge in [-0.2, -0.15) is 0 Å². The first-order valence-corrected chi connectivity index (χ1v) is 7.76. The number of carbonyl (C=O) groups excluding carboxylic acids is 3. The lowest BCUT2D eigenvalue weighted by Crippen LogP contribution is -2.35. The predicted molar refractivity (Wildman–Crippen MR) is 91.8 cm³/mol. The third-order valence-electron chi connectivity index (χ3n) is 3.32. The average molecular weight is 361 g/mol. The van der Waals surface area contributed by atoms with Gasteiger partial charge in [-0.3, -0.25) is 14.4 Å². The van der Waals surface area contributed by atoms with E-state index in [0.717, 1.165) is 12.1 Å². The number of benzene rings is 2. The van der Waals surface area contributed by atoms with Crippen molar-refractivity contribution in [3.8, 4) is 0 Å². The number of carbonyl (C=O) groups is 3. The van der Waals surface area contributed by atoms with Crippen LogP contribution < -0.4 is 16.0 Å². The first-order chi connectivity index (χ1) is 12.4. The van der Waals surface area contributed by atoms with Crippen LogP contribution in [0.2, 0.25) is 0 Å². The van der Waals surface area contributed by atoms with Crippen LogP contribution in [-0.2, 0) is 4.79 Å². The van der Waals surface area contributed by atoms with Crippen LogP contribution >= 0.6 is 0 Å². The molecule has 2 rings (SSSR count). The van der Waals surface area contributed by atoms with Crippen molar-refractivity contribution >= 4 is 23.4 Å². The molecule has 0 aromatic heterocycles. The van der Waals surface area contributed by atoms with Gasteiger partial charge in [-0.1, -0.05) is 6.07 Å². The van der Waals surface area contributed by atoms with E-state index in [1.165, 1.54) is 13.0 Å². The summed E-state index contributed by atoms with van der Waals surface area (Å²) in [6, 6.07) is 9.03. The fourth-order valence-electron chi connectivity index (χ4n) is 2.16. The van der Waals surface area contributed by atoms with E-state index in [1.54, 1.807) is 18.2 Å². The van der Waals surface area contributed by atoms with Crippen molar-refractivity contribution in [3.63, 3.8) is 0 Å². The second kappa shape index (κ2) is 8.70. The van der Waals surface area contributed by atoms with E-state index in [1.807, 2.05) is 0 Å². The predicted octanol–water partition coefficient (Wildman–Crippen LogP) is 2.08. The molecule has 3 N–H and O–H groups in total. The summed E-state index contributed by atoms with van der Waals surface area (Å²) in [5.74, 6) is -3.07. The van der Waals surface area contributed by atoms with Crippen LogP contribution in [0, 0.1) is 11.6 Å². The molecular weight excluding hydrogens is 344 g/mol.